The van der Waals surface area contributed by atoms with Gasteiger partial charge in [0, 0.05) is 11.8 Å². The summed E-state index contributed by atoms with van der Waals surface area (Å²) < 4.78 is 24.4. The molecule has 0 aliphatic carbocycles. The number of hydrogen-bond donors (Lipinski definition) is 1. The number of rotatable bonds is 4. The molecule has 0 aliphatic rings. The van der Waals surface area contributed by atoms with E-state index in [0.29, 0.717) is 22.2 Å². The van der Waals surface area contributed by atoms with E-state index in [1.54, 1.807) is 48.5 Å². The molecule has 13 heteroatoms. The normalized spacial score (nSPS) is 11.8. The van der Waals surface area contributed by atoms with E-state index in [2.05, 4.69) is 25.4 Å². The molecule has 0 unspecified atom stereocenters. The Morgan fingerprint density at radius 1 is 1.00 bits per heavy atom. The number of nitrogens with zero attached hydrogens (tertiary/aromatic N) is 7. The van der Waals surface area contributed by atoms with Gasteiger partial charge in [-0.05, 0) is 22.9 Å². The highest BCUT2D eigenvalue weighted by Gasteiger charge is 2.23. The Balaban J connectivity index is 1.65. The summed E-state index contributed by atoms with van der Waals surface area (Å²) in [6.07, 6.45) is 1.43. The SMILES string of the molecule is NS(=O)(=O)c1nc2nc(C(=O)On3nnc4ccccc43)c(-c3ccccc3)cn2n1. The zero-order valence-corrected chi connectivity index (χ0v) is 16.3. The zero-order chi connectivity index (χ0) is 21.6. The highest BCUT2D eigenvalue weighted by molar-refractivity contribution is 7.89. The second kappa shape index (κ2) is 6.93. The molecule has 0 atom stereocenters. The average Bonchev–Trinajstić information content (AvgIpc) is 3.37. The van der Waals surface area contributed by atoms with Crippen LogP contribution in [0.2, 0.25) is 0 Å². The summed E-state index contributed by atoms with van der Waals surface area (Å²) >= 11 is 0. The van der Waals surface area contributed by atoms with Crippen LogP contribution in [0.1, 0.15) is 10.5 Å². The highest BCUT2D eigenvalue weighted by Crippen LogP contribution is 2.23. The van der Waals surface area contributed by atoms with Crippen LogP contribution in [-0.4, -0.2) is 49.1 Å². The van der Waals surface area contributed by atoms with E-state index < -0.39 is 21.1 Å². The van der Waals surface area contributed by atoms with Gasteiger partial charge in [-0.3, -0.25) is 0 Å². The van der Waals surface area contributed by atoms with Gasteiger partial charge in [0.25, 0.3) is 21.0 Å². The number of carbonyl (C=O) groups excluding carboxylic acids is 1. The van der Waals surface area contributed by atoms with E-state index in [0.717, 1.165) is 9.36 Å². The predicted molar refractivity (Wildman–Crippen MR) is 106 cm³/mol. The fourth-order valence-electron chi connectivity index (χ4n) is 2.94. The lowest BCUT2D eigenvalue weighted by molar-refractivity contribution is 0.0403. The van der Waals surface area contributed by atoms with Crippen molar-refractivity contribution >= 4 is 32.8 Å². The van der Waals surface area contributed by atoms with Crippen molar-refractivity contribution in [2.75, 3.05) is 0 Å². The smallest absolute Gasteiger partial charge is 0.310 e. The largest absolute Gasteiger partial charge is 0.384 e. The molecule has 12 nitrogen and oxygen atoms in total. The van der Waals surface area contributed by atoms with Gasteiger partial charge in [-0.1, -0.05) is 47.3 Å². The number of hydrogen-bond acceptors (Lipinski definition) is 9. The van der Waals surface area contributed by atoms with Crippen LogP contribution in [0, 0.1) is 0 Å². The molecular formula is C18H12N8O4S. The average molecular weight is 436 g/mol. The first-order valence-corrected chi connectivity index (χ1v) is 10.3. The summed E-state index contributed by atoms with van der Waals surface area (Å²) in [6.45, 7) is 0. The molecule has 0 saturated carbocycles. The van der Waals surface area contributed by atoms with E-state index in [1.165, 1.54) is 6.20 Å². The first-order valence-electron chi connectivity index (χ1n) is 8.79. The second-order valence-corrected chi connectivity index (χ2v) is 7.84. The van der Waals surface area contributed by atoms with Crippen LogP contribution in [0.3, 0.4) is 0 Å². The lowest BCUT2D eigenvalue weighted by Crippen LogP contribution is -2.23. The molecule has 2 N–H and O–H groups in total. The molecule has 31 heavy (non-hydrogen) atoms. The molecule has 0 radical (unpaired) electrons. The predicted octanol–water partition coefficient (Wildman–Crippen LogP) is 0.452. The van der Waals surface area contributed by atoms with E-state index in [1.807, 2.05) is 6.07 Å². The third-order valence-electron chi connectivity index (χ3n) is 4.34. The molecule has 5 rings (SSSR count). The Bertz CT molecular complexity index is 1560. The van der Waals surface area contributed by atoms with Crippen LogP contribution >= 0.6 is 0 Å². The summed E-state index contributed by atoms with van der Waals surface area (Å²) in [6, 6.07) is 15.8. The van der Waals surface area contributed by atoms with E-state index in [4.69, 9.17) is 9.98 Å². The van der Waals surface area contributed by atoms with Crippen LogP contribution in [0.25, 0.3) is 27.9 Å². The van der Waals surface area contributed by atoms with Gasteiger partial charge >= 0.3 is 5.97 Å². The molecule has 0 saturated heterocycles. The maximum atomic E-state index is 13.0. The molecule has 0 bridgehead atoms. The highest BCUT2D eigenvalue weighted by atomic mass is 32.2. The number of benzene rings is 2. The third-order valence-corrected chi connectivity index (χ3v) is 5.02. The fraction of sp³-hybridized carbons (Fsp3) is 0. The monoisotopic (exact) mass is 436 g/mol. The molecule has 0 spiro atoms. The van der Waals surface area contributed by atoms with Gasteiger partial charge < -0.3 is 4.84 Å². The lowest BCUT2D eigenvalue weighted by Gasteiger charge is -2.08. The van der Waals surface area contributed by atoms with Crippen molar-refractivity contribution < 1.29 is 18.0 Å². The van der Waals surface area contributed by atoms with Crippen molar-refractivity contribution in [1.29, 1.82) is 0 Å². The van der Waals surface area contributed by atoms with E-state index in [-0.39, 0.29) is 11.5 Å². The van der Waals surface area contributed by atoms with Crippen molar-refractivity contribution in [1.82, 2.24) is 34.7 Å². The topological polar surface area (TPSA) is 160 Å². The van der Waals surface area contributed by atoms with Crippen molar-refractivity contribution in [2.45, 2.75) is 5.16 Å². The zero-order valence-electron chi connectivity index (χ0n) is 15.5. The Morgan fingerprint density at radius 2 is 1.74 bits per heavy atom. The molecule has 154 valence electrons. The molecule has 5 aromatic rings. The van der Waals surface area contributed by atoms with Crippen LogP contribution < -0.4 is 9.98 Å². The van der Waals surface area contributed by atoms with Crippen molar-refractivity contribution in [3.05, 3.63) is 66.5 Å². The molecule has 3 heterocycles. The number of sulfonamides is 1. The molecule has 2 aromatic carbocycles. The quantitative estimate of drug-likeness (QED) is 0.394. The molecule has 0 fully saturated rings. The number of fused-ring (bicyclic) bond motifs is 2. The number of nitrogens with two attached hydrogens (primary N) is 1. The van der Waals surface area contributed by atoms with Crippen LogP contribution in [-0.2, 0) is 10.0 Å². The van der Waals surface area contributed by atoms with Crippen molar-refractivity contribution in [3.8, 4) is 11.1 Å². The molecule has 0 aliphatic heterocycles. The van der Waals surface area contributed by atoms with Crippen molar-refractivity contribution in [3.63, 3.8) is 0 Å². The van der Waals surface area contributed by atoms with Gasteiger partial charge in [-0.2, -0.15) is 4.98 Å². The van der Waals surface area contributed by atoms with Gasteiger partial charge in [0.2, 0.25) is 0 Å². The fourth-order valence-corrected chi connectivity index (χ4v) is 3.35. The van der Waals surface area contributed by atoms with Crippen LogP contribution in [0.4, 0.5) is 0 Å². The number of para-hydroxylation sites is 1. The van der Waals surface area contributed by atoms with Gasteiger partial charge in [-0.15, -0.1) is 10.2 Å². The Labute approximate surface area is 173 Å². The number of aromatic nitrogens is 7. The first-order chi connectivity index (χ1) is 14.9. The number of carbonyl (C=O) groups is 1. The third kappa shape index (κ3) is 3.37. The van der Waals surface area contributed by atoms with Gasteiger partial charge in [0.05, 0.1) is 0 Å². The summed E-state index contributed by atoms with van der Waals surface area (Å²) in [5, 5.41) is 16.1. The summed E-state index contributed by atoms with van der Waals surface area (Å²) in [5.74, 6) is -0.990. The Hall–Kier alpha value is -4.23. The minimum absolute atomic E-state index is 0.119. The molecule has 0 amide bonds. The van der Waals surface area contributed by atoms with Crippen LogP contribution in [0.5, 0.6) is 0 Å². The van der Waals surface area contributed by atoms with Crippen molar-refractivity contribution in [2.24, 2.45) is 5.14 Å². The van der Waals surface area contributed by atoms with Gasteiger partial charge in [0.15, 0.2) is 5.69 Å². The first kappa shape index (κ1) is 18.8. The molecular weight excluding hydrogens is 424 g/mol. The summed E-state index contributed by atoms with van der Waals surface area (Å²) in [7, 11) is -4.16. The molecule has 3 aromatic heterocycles. The minimum Gasteiger partial charge on any atom is -0.310 e. The minimum atomic E-state index is -4.16. The van der Waals surface area contributed by atoms with E-state index in [9.17, 15) is 13.2 Å². The second-order valence-electron chi connectivity index (χ2n) is 6.38. The van der Waals surface area contributed by atoms with Gasteiger partial charge in [-0.25, -0.2) is 27.9 Å². The summed E-state index contributed by atoms with van der Waals surface area (Å²) in [4.78, 5) is 27.4. The van der Waals surface area contributed by atoms with E-state index >= 15 is 0 Å². The maximum Gasteiger partial charge on any atom is 0.384 e. The Kier molecular flexibility index (Phi) is 4.20. The van der Waals surface area contributed by atoms with Crippen LogP contribution in [0.15, 0.2) is 66.0 Å². The van der Waals surface area contributed by atoms with Gasteiger partial charge in [0.1, 0.15) is 11.0 Å². The Morgan fingerprint density at radius 3 is 2.52 bits per heavy atom. The maximum absolute atomic E-state index is 13.0. The number of primary sulfonamides is 1. The summed E-state index contributed by atoms with van der Waals surface area (Å²) in [5.41, 5.74) is 1.87. The standard InChI is InChI=1S/C18H12N8O4S/c19-31(28,29)18-21-17-20-15(12(10-25(17)23-18)11-6-2-1-3-7-11)16(27)30-26-14-9-5-4-8-13(14)22-24-26/h1-10H,(H2,19,28,29). The lowest BCUT2D eigenvalue weighted by atomic mass is 10.1.